The van der Waals surface area contributed by atoms with E-state index in [9.17, 15) is 8.78 Å². The molecule has 1 aromatic heterocycles. The van der Waals surface area contributed by atoms with E-state index in [1.165, 1.54) is 0 Å². The molecule has 96 valence electrons. The molecule has 0 atom stereocenters. The molecule has 3 aromatic rings. The summed E-state index contributed by atoms with van der Waals surface area (Å²) in [6.07, 6.45) is 0. The van der Waals surface area contributed by atoms with Crippen LogP contribution in [-0.2, 0) is 0 Å². The summed E-state index contributed by atoms with van der Waals surface area (Å²) < 4.78 is 36.6. The monoisotopic (exact) mass is 261 g/mol. The van der Waals surface area contributed by atoms with E-state index < -0.39 is 11.6 Å². The van der Waals surface area contributed by atoms with Crippen LogP contribution in [0, 0.1) is 11.6 Å². The summed E-state index contributed by atoms with van der Waals surface area (Å²) in [5.74, 6) is -0.883. The number of aromatic nitrogens is 1. The zero-order chi connectivity index (χ0) is 13.4. The number of methoxy groups -OCH3 is 1. The first-order valence-electron chi connectivity index (χ1n) is 5.57. The molecule has 0 aliphatic heterocycles. The molecule has 0 amide bonds. The molecule has 2 aromatic carbocycles. The van der Waals surface area contributed by atoms with Crippen LogP contribution in [0.15, 0.2) is 40.8 Å². The minimum Gasteiger partial charge on any atom is -0.497 e. The lowest BCUT2D eigenvalue weighted by Gasteiger charge is -1.99. The topological polar surface area (TPSA) is 35.3 Å². The van der Waals surface area contributed by atoms with Gasteiger partial charge in [0.05, 0.1) is 7.11 Å². The third-order valence-corrected chi connectivity index (χ3v) is 2.77. The lowest BCUT2D eigenvalue weighted by molar-refractivity contribution is 0.415. The van der Waals surface area contributed by atoms with Crippen molar-refractivity contribution in [3.63, 3.8) is 0 Å². The van der Waals surface area contributed by atoms with Crippen LogP contribution in [0.2, 0.25) is 0 Å². The molecule has 3 rings (SSSR count). The van der Waals surface area contributed by atoms with Crippen LogP contribution in [-0.4, -0.2) is 12.1 Å². The van der Waals surface area contributed by atoms with Crippen molar-refractivity contribution < 1.29 is 17.9 Å². The lowest BCUT2D eigenvalue weighted by Crippen LogP contribution is -1.83. The molecule has 0 unspecified atom stereocenters. The minimum absolute atomic E-state index is 0.213. The highest BCUT2D eigenvalue weighted by atomic mass is 19.2. The van der Waals surface area contributed by atoms with Crippen LogP contribution >= 0.6 is 0 Å². The highest BCUT2D eigenvalue weighted by Gasteiger charge is 2.12. The molecular formula is C14H9F2NO2. The first-order valence-corrected chi connectivity index (χ1v) is 5.57. The molecule has 5 heteroatoms. The third-order valence-electron chi connectivity index (χ3n) is 2.77. The number of rotatable bonds is 2. The fraction of sp³-hybridized carbons (Fsp3) is 0.0714. The van der Waals surface area contributed by atoms with Crippen molar-refractivity contribution in [3.8, 4) is 17.2 Å². The number of halogens is 2. The summed E-state index contributed by atoms with van der Waals surface area (Å²) in [6, 6.07) is 9.04. The molecule has 0 saturated heterocycles. The maximum absolute atomic E-state index is 13.1. The van der Waals surface area contributed by atoms with Crippen LogP contribution in [0.1, 0.15) is 0 Å². The molecule has 19 heavy (non-hydrogen) atoms. The van der Waals surface area contributed by atoms with Crippen molar-refractivity contribution in [3.05, 3.63) is 48.0 Å². The van der Waals surface area contributed by atoms with Crippen LogP contribution in [0.25, 0.3) is 22.6 Å². The molecule has 0 aliphatic rings. The first kappa shape index (κ1) is 11.6. The Morgan fingerprint density at radius 1 is 1.05 bits per heavy atom. The summed E-state index contributed by atoms with van der Waals surface area (Å²) in [4.78, 5) is 4.13. The van der Waals surface area contributed by atoms with E-state index in [1.54, 1.807) is 31.4 Å². The molecule has 0 fully saturated rings. The average molecular weight is 261 g/mol. The maximum Gasteiger partial charge on any atom is 0.227 e. The zero-order valence-electron chi connectivity index (χ0n) is 9.98. The molecular weight excluding hydrogens is 252 g/mol. The summed E-state index contributed by atoms with van der Waals surface area (Å²) in [6.45, 7) is 0. The quantitative estimate of drug-likeness (QED) is 0.704. The Balaban J connectivity index is 2.09. The standard InChI is InChI=1S/C14H9F2NO2/c1-18-9-4-2-8(3-5-9)14-17-12-6-10(15)11(16)7-13(12)19-14/h2-7H,1H3. The highest BCUT2D eigenvalue weighted by Crippen LogP contribution is 2.27. The van der Waals surface area contributed by atoms with E-state index >= 15 is 0 Å². The Kier molecular flexibility index (Phi) is 2.67. The predicted molar refractivity (Wildman–Crippen MR) is 65.9 cm³/mol. The fourth-order valence-electron chi connectivity index (χ4n) is 1.78. The minimum atomic E-state index is -0.954. The van der Waals surface area contributed by atoms with Gasteiger partial charge in [-0.15, -0.1) is 0 Å². The molecule has 1 heterocycles. The van der Waals surface area contributed by atoms with E-state index in [-0.39, 0.29) is 11.1 Å². The fourth-order valence-corrected chi connectivity index (χ4v) is 1.78. The lowest BCUT2D eigenvalue weighted by atomic mass is 10.2. The molecule has 0 radical (unpaired) electrons. The predicted octanol–water partition coefficient (Wildman–Crippen LogP) is 3.78. The van der Waals surface area contributed by atoms with Crippen molar-refractivity contribution in [2.75, 3.05) is 7.11 Å². The van der Waals surface area contributed by atoms with E-state index in [0.29, 0.717) is 17.2 Å². The van der Waals surface area contributed by atoms with Gasteiger partial charge in [-0.05, 0) is 24.3 Å². The Morgan fingerprint density at radius 3 is 2.42 bits per heavy atom. The molecule has 0 spiro atoms. The summed E-state index contributed by atoms with van der Waals surface area (Å²) in [5.41, 5.74) is 1.20. The largest absolute Gasteiger partial charge is 0.497 e. The first-order chi connectivity index (χ1) is 9.17. The summed E-state index contributed by atoms with van der Waals surface area (Å²) in [7, 11) is 1.57. The summed E-state index contributed by atoms with van der Waals surface area (Å²) >= 11 is 0. The zero-order valence-corrected chi connectivity index (χ0v) is 9.98. The van der Waals surface area contributed by atoms with E-state index in [4.69, 9.17) is 9.15 Å². The Bertz CT molecular complexity index is 696. The number of oxazole rings is 1. The van der Waals surface area contributed by atoms with Gasteiger partial charge in [0.2, 0.25) is 5.89 Å². The number of benzene rings is 2. The van der Waals surface area contributed by atoms with E-state index in [2.05, 4.69) is 4.98 Å². The van der Waals surface area contributed by atoms with Gasteiger partial charge < -0.3 is 9.15 Å². The maximum atomic E-state index is 13.1. The van der Waals surface area contributed by atoms with Gasteiger partial charge in [-0.1, -0.05) is 0 Å². The van der Waals surface area contributed by atoms with Gasteiger partial charge in [-0.2, -0.15) is 0 Å². The van der Waals surface area contributed by atoms with Crippen molar-refractivity contribution in [1.29, 1.82) is 0 Å². The van der Waals surface area contributed by atoms with Crippen molar-refractivity contribution in [2.24, 2.45) is 0 Å². The number of hydrogen-bond donors (Lipinski definition) is 0. The molecule has 0 N–H and O–H groups in total. The van der Waals surface area contributed by atoms with Gasteiger partial charge in [-0.3, -0.25) is 0 Å². The SMILES string of the molecule is COc1ccc(-c2nc3cc(F)c(F)cc3o2)cc1. The number of ether oxygens (including phenoxy) is 1. The second-order valence-electron chi connectivity index (χ2n) is 3.98. The van der Waals surface area contributed by atoms with Gasteiger partial charge in [0.15, 0.2) is 17.2 Å². The van der Waals surface area contributed by atoms with Gasteiger partial charge in [-0.25, -0.2) is 13.8 Å². The average Bonchev–Trinajstić information content (AvgIpc) is 2.82. The molecule has 3 nitrogen and oxygen atoms in total. The number of fused-ring (bicyclic) bond motifs is 1. The Labute approximate surface area is 107 Å². The third kappa shape index (κ3) is 2.03. The van der Waals surface area contributed by atoms with E-state index in [0.717, 1.165) is 12.1 Å². The van der Waals surface area contributed by atoms with Crippen molar-refractivity contribution >= 4 is 11.1 Å². The van der Waals surface area contributed by atoms with Gasteiger partial charge in [0, 0.05) is 17.7 Å². The van der Waals surface area contributed by atoms with E-state index in [1.807, 2.05) is 0 Å². The normalized spacial score (nSPS) is 10.9. The molecule has 0 saturated carbocycles. The van der Waals surface area contributed by atoms with Gasteiger partial charge >= 0.3 is 0 Å². The van der Waals surface area contributed by atoms with Gasteiger partial charge in [0.25, 0.3) is 0 Å². The van der Waals surface area contributed by atoms with Crippen molar-refractivity contribution in [2.45, 2.75) is 0 Å². The Hall–Kier alpha value is -2.43. The highest BCUT2D eigenvalue weighted by molar-refractivity contribution is 5.76. The molecule has 0 aliphatic carbocycles. The van der Waals surface area contributed by atoms with Crippen molar-refractivity contribution in [1.82, 2.24) is 4.98 Å². The van der Waals surface area contributed by atoms with Crippen LogP contribution < -0.4 is 4.74 Å². The Morgan fingerprint density at radius 2 is 1.74 bits per heavy atom. The second kappa shape index (κ2) is 4.35. The van der Waals surface area contributed by atoms with Crippen LogP contribution in [0.3, 0.4) is 0 Å². The smallest absolute Gasteiger partial charge is 0.227 e. The number of hydrogen-bond acceptors (Lipinski definition) is 3. The molecule has 0 bridgehead atoms. The van der Waals surface area contributed by atoms with Crippen LogP contribution in [0.4, 0.5) is 8.78 Å². The second-order valence-corrected chi connectivity index (χ2v) is 3.98. The van der Waals surface area contributed by atoms with Crippen LogP contribution in [0.5, 0.6) is 5.75 Å². The summed E-state index contributed by atoms with van der Waals surface area (Å²) in [5, 5.41) is 0. The van der Waals surface area contributed by atoms with Gasteiger partial charge in [0.1, 0.15) is 11.3 Å². The number of nitrogens with zero attached hydrogens (tertiary/aromatic N) is 1.